The Morgan fingerprint density at radius 2 is 1.67 bits per heavy atom. The van der Waals surface area contributed by atoms with Crippen molar-refractivity contribution in [1.82, 2.24) is 9.80 Å². The number of benzene rings is 2. The number of amides is 1. The third kappa shape index (κ3) is 6.69. The topological polar surface area (TPSA) is 74.3 Å². The number of methoxy groups -OCH3 is 1. The number of β-amino-alcohol motifs (C(OH)–C–C–N with tert-alkyl or cyclic N) is 1. The van der Waals surface area contributed by atoms with E-state index in [0.29, 0.717) is 24.6 Å². The van der Waals surface area contributed by atoms with Crippen molar-refractivity contribution < 1.29 is 19.4 Å². The summed E-state index contributed by atoms with van der Waals surface area (Å²) in [6.07, 6.45) is -0.626. The van der Waals surface area contributed by atoms with Crippen molar-refractivity contribution in [3.63, 3.8) is 0 Å². The zero-order valence-electron chi connectivity index (χ0n) is 20.4. The molecule has 2 aromatic carbocycles. The molecule has 7 heteroatoms. The predicted molar refractivity (Wildman–Crippen MR) is 131 cm³/mol. The van der Waals surface area contributed by atoms with Gasteiger partial charge in [0, 0.05) is 37.4 Å². The summed E-state index contributed by atoms with van der Waals surface area (Å²) in [5, 5.41) is 13.7. The number of carbonyl (C=O) groups is 1. The van der Waals surface area contributed by atoms with Crippen molar-refractivity contribution >= 4 is 11.6 Å². The molecule has 2 aromatic rings. The van der Waals surface area contributed by atoms with E-state index >= 15 is 0 Å². The Morgan fingerprint density at radius 3 is 2.27 bits per heavy atom. The number of piperazine rings is 1. The van der Waals surface area contributed by atoms with Gasteiger partial charge in [-0.1, -0.05) is 30.3 Å². The molecule has 7 nitrogen and oxygen atoms in total. The van der Waals surface area contributed by atoms with Gasteiger partial charge in [-0.25, -0.2) is 0 Å². The van der Waals surface area contributed by atoms with E-state index in [9.17, 15) is 9.90 Å². The number of nitrogens with zero attached hydrogens (tertiary/aromatic N) is 2. The van der Waals surface area contributed by atoms with Gasteiger partial charge in [-0.05, 0) is 51.0 Å². The van der Waals surface area contributed by atoms with Crippen molar-refractivity contribution in [1.29, 1.82) is 0 Å². The summed E-state index contributed by atoms with van der Waals surface area (Å²) in [6.45, 7) is 10.9. The van der Waals surface area contributed by atoms with Crippen LogP contribution >= 0.6 is 0 Å². The van der Waals surface area contributed by atoms with Crippen molar-refractivity contribution in [2.75, 3.05) is 45.2 Å². The first-order chi connectivity index (χ1) is 15.8. The quantitative estimate of drug-likeness (QED) is 0.605. The van der Waals surface area contributed by atoms with Gasteiger partial charge in [-0.3, -0.25) is 14.6 Å². The Bertz CT molecular complexity index is 903. The maximum absolute atomic E-state index is 12.7. The number of aliphatic hydroxyl groups excluding tert-OH is 1. The summed E-state index contributed by atoms with van der Waals surface area (Å²) in [5.74, 6) is 1.28. The smallest absolute Gasteiger partial charge is 0.238 e. The lowest BCUT2D eigenvalue weighted by Crippen LogP contribution is -2.59. The highest BCUT2D eigenvalue weighted by molar-refractivity contribution is 5.93. The highest BCUT2D eigenvalue weighted by atomic mass is 16.5. The first-order valence-corrected chi connectivity index (χ1v) is 11.6. The van der Waals surface area contributed by atoms with E-state index in [1.54, 1.807) is 7.11 Å². The number of anilines is 1. The van der Waals surface area contributed by atoms with Crippen molar-refractivity contribution in [2.24, 2.45) is 0 Å². The number of para-hydroxylation sites is 3. The van der Waals surface area contributed by atoms with Gasteiger partial charge < -0.3 is 19.9 Å². The SMILES string of the molecule is COc1ccccc1OCC(O)CN1C(C)CN(CC(=O)Nc2c(C)cccc2C)CC1C. The Balaban J connectivity index is 1.49. The molecule has 1 heterocycles. The molecule has 3 atom stereocenters. The molecule has 1 aliphatic heterocycles. The highest BCUT2D eigenvalue weighted by Gasteiger charge is 2.31. The Hall–Kier alpha value is -2.61. The van der Waals surface area contributed by atoms with E-state index in [1.807, 2.05) is 56.3 Å². The summed E-state index contributed by atoms with van der Waals surface area (Å²) >= 11 is 0. The summed E-state index contributed by atoms with van der Waals surface area (Å²) in [5.41, 5.74) is 3.04. The van der Waals surface area contributed by atoms with Gasteiger partial charge in [0.05, 0.1) is 13.7 Å². The first-order valence-electron chi connectivity index (χ1n) is 11.6. The minimum Gasteiger partial charge on any atom is -0.493 e. The van der Waals surface area contributed by atoms with Crippen molar-refractivity contribution in [2.45, 2.75) is 45.9 Å². The van der Waals surface area contributed by atoms with Gasteiger partial charge in [0.15, 0.2) is 11.5 Å². The lowest BCUT2D eigenvalue weighted by Gasteiger charge is -2.45. The van der Waals surface area contributed by atoms with Gasteiger partial charge in [-0.15, -0.1) is 0 Å². The van der Waals surface area contributed by atoms with E-state index in [0.717, 1.165) is 29.9 Å². The lowest BCUT2D eigenvalue weighted by atomic mass is 10.1. The Morgan fingerprint density at radius 1 is 1.06 bits per heavy atom. The zero-order chi connectivity index (χ0) is 24.0. The highest BCUT2D eigenvalue weighted by Crippen LogP contribution is 2.26. The number of aryl methyl sites for hydroxylation is 2. The van der Waals surface area contributed by atoms with Crippen LogP contribution in [0.25, 0.3) is 0 Å². The third-order valence-corrected chi connectivity index (χ3v) is 6.21. The average molecular weight is 456 g/mol. The molecule has 0 spiro atoms. The molecule has 1 saturated heterocycles. The van der Waals surface area contributed by atoms with Crippen LogP contribution in [-0.4, -0.2) is 78.9 Å². The van der Waals surface area contributed by atoms with Crippen LogP contribution in [0.3, 0.4) is 0 Å². The standard InChI is InChI=1S/C26H37N3O4/c1-18-9-8-10-19(2)26(18)27-25(31)16-28-13-20(3)29(21(4)14-28)15-22(30)17-33-24-12-7-6-11-23(24)32-5/h6-12,20-22,30H,13-17H2,1-5H3,(H,27,31). The van der Waals surface area contributed by atoms with E-state index < -0.39 is 6.10 Å². The number of hydrogen-bond acceptors (Lipinski definition) is 6. The maximum atomic E-state index is 12.7. The van der Waals surface area contributed by atoms with Crippen LogP contribution in [-0.2, 0) is 4.79 Å². The van der Waals surface area contributed by atoms with Gasteiger partial charge in [-0.2, -0.15) is 0 Å². The molecule has 180 valence electrons. The Kier molecular flexibility index (Phi) is 8.72. The fourth-order valence-corrected chi connectivity index (χ4v) is 4.57. The number of nitrogens with one attached hydrogen (secondary N) is 1. The lowest BCUT2D eigenvalue weighted by molar-refractivity contribution is -0.118. The van der Waals surface area contributed by atoms with Gasteiger partial charge in [0.25, 0.3) is 0 Å². The fourth-order valence-electron chi connectivity index (χ4n) is 4.57. The molecule has 1 fully saturated rings. The minimum absolute atomic E-state index is 0.00509. The summed E-state index contributed by atoms with van der Waals surface area (Å²) in [4.78, 5) is 17.2. The van der Waals surface area contributed by atoms with Crippen LogP contribution in [0, 0.1) is 13.8 Å². The molecule has 0 aliphatic carbocycles. The summed E-state index contributed by atoms with van der Waals surface area (Å²) in [7, 11) is 1.60. The average Bonchev–Trinajstić information content (AvgIpc) is 2.77. The molecule has 3 rings (SSSR count). The molecule has 1 amide bonds. The van der Waals surface area contributed by atoms with Crippen LogP contribution in [0.2, 0.25) is 0 Å². The molecule has 0 bridgehead atoms. The molecular formula is C26H37N3O4. The normalized spacial score (nSPS) is 20.3. The number of aliphatic hydroxyl groups is 1. The number of hydrogen-bond donors (Lipinski definition) is 2. The molecule has 0 aromatic heterocycles. The van der Waals surface area contributed by atoms with E-state index in [-0.39, 0.29) is 24.6 Å². The predicted octanol–water partition coefficient (Wildman–Crippen LogP) is 3.09. The fraction of sp³-hybridized carbons (Fsp3) is 0.500. The van der Waals surface area contributed by atoms with Crippen LogP contribution in [0.4, 0.5) is 5.69 Å². The first kappa shape index (κ1) is 25.0. The molecule has 0 radical (unpaired) electrons. The summed E-state index contributed by atoms with van der Waals surface area (Å²) in [6, 6.07) is 13.9. The van der Waals surface area contributed by atoms with Gasteiger partial charge in [0.1, 0.15) is 12.7 Å². The maximum Gasteiger partial charge on any atom is 0.238 e. The zero-order valence-corrected chi connectivity index (χ0v) is 20.4. The molecule has 1 aliphatic rings. The van der Waals surface area contributed by atoms with E-state index in [4.69, 9.17) is 9.47 Å². The monoisotopic (exact) mass is 455 g/mol. The number of ether oxygens (including phenoxy) is 2. The van der Waals surface area contributed by atoms with Gasteiger partial charge >= 0.3 is 0 Å². The second-order valence-corrected chi connectivity index (χ2v) is 9.02. The van der Waals surface area contributed by atoms with E-state index in [1.165, 1.54) is 0 Å². The van der Waals surface area contributed by atoms with Gasteiger partial charge in [0.2, 0.25) is 5.91 Å². The molecule has 3 unspecified atom stereocenters. The number of rotatable bonds is 9. The van der Waals surface area contributed by atoms with Crippen LogP contribution in [0.1, 0.15) is 25.0 Å². The number of carbonyl (C=O) groups excluding carboxylic acids is 1. The van der Waals surface area contributed by atoms with Crippen LogP contribution < -0.4 is 14.8 Å². The Labute approximate surface area is 197 Å². The van der Waals surface area contributed by atoms with Crippen LogP contribution in [0.5, 0.6) is 11.5 Å². The molecular weight excluding hydrogens is 418 g/mol. The molecule has 0 saturated carbocycles. The minimum atomic E-state index is -0.626. The summed E-state index contributed by atoms with van der Waals surface area (Å²) < 4.78 is 11.1. The van der Waals surface area contributed by atoms with Crippen molar-refractivity contribution in [3.8, 4) is 11.5 Å². The largest absolute Gasteiger partial charge is 0.493 e. The third-order valence-electron chi connectivity index (χ3n) is 6.21. The van der Waals surface area contributed by atoms with Crippen molar-refractivity contribution in [3.05, 3.63) is 53.6 Å². The van der Waals surface area contributed by atoms with E-state index in [2.05, 4.69) is 29.0 Å². The second-order valence-electron chi connectivity index (χ2n) is 9.02. The second kappa shape index (κ2) is 11.5. The van der Waals surface area contributed by atoms with Crippen LogP contribution in [0.15, 0.2) is 42.5 Å². The molecule has 33 heavy (non-hydrogen) atoms. The molecule has 2 N–H and O–H groups in total.